The van der Waals surface area contributed by atoms with Gasteiger partial charge in [-0.1, -0.05) is 26.0 Å². The van der Waals surface area contributed by atoms with Gasteiger partial charge in [-0.25, -0.2) is 9.18 Å². The van der Waals surface area contributed by atoms with Crippen LogP contribution < -0.4 is 21.0 Å². The Morgan fingerprint density at radius 3 is 2.68 bits per heavy atom. The number of hydrogen-bond donors (Lipinski definition) is 2. The zero-order chi connectivity index (χ0) is 25.0. The van der Waals surface area contributed by atoms with E-state index in [1.807, 2.05) is 19.9 Å². The molecule has 1 atom stereocenters. The van der Waals surface area contributed by atoms with Crippen molar-refractivity contribution in [1.29, 1.82) is 0 Å². The van der Waals surface area contributed by atoms with Gasteiger partial charge in [-0.3, -0.25) is 14.5 Å². The molecule has 2 aromatic carbocycles. The van der Waals surface area contributed by atoms with E-state index in [2.05, 4.69) is 33.2 Å². The molecule has 0 radical (unpaired) electrons. The molecule has 2 amide bonds. The number of benzene rings is 1. The predicted molar refractivity (Wildman–Crippen MR) is 140 cm³/mol. The summed E-state index contributed by atoms with van der Waals surface area (Å²) in [6.07, 6.45) is 2.29. The van der Waals surface area contributed by atoms with E-state index in [4.69, 9.17) is 4.74 Å². The van der Waals surface area contributed by atoms with E-state index in [1.165, 1.54) is 17.9 Å². The third kappa shape index (κ3) is 5.94. The van der Waals surface area contributed by atoms with Crippen molar-refractivity contribution >= 4 is 57.7 Å². The summed E-state index contributed by atoms with van der Waals surface area (Å²) in [6.45, 7) is 7.55. The number of carbonyl (C=O) groups is 2. The number of carbonyl (C=O) groups excluding carboxylic acids is 2. The molecular formula is C25H27FIN3O4. The minimum Gasteiger partial charge on any atom is -0.442 e. The van der Waals surface area contributed by atoms with Gasteiger partial charge >= 0.3 is 6.09 Å². The highest BCUT2D eigenvalue weighted by molar-refractivity contribution is 14.1. The topological polar surface area (TPSA) is 87.7 Å². The fraction of sp³-hybridized carbons (Fsp3) is 0.320. The van der Waals surface area contributed by atoms with Crippen LogP contribution in [-0.4, -0.2) is 31.2 Å². The molecule has 7 nitrogen and oxygen atoms in total. The second-order valence-corrected chi connectivity index (χ2v) is 9.45. The molecule has 3 rings (SSSR count). The largest absolute Gasteiger partial charge is 0.442 e. The maximum Gasteiger partial charge on any atom is 0.414 e. The number of nitrogens with one attached hydrogen (secondary N) is 2. The summed E-state index contributed by atoms with van der Waals surface area (Å²) in [7, 11) is 0. The Kier molecular flexibility index (Phi) is 8.29. The highest BCUT2D eigenvalue weighted by Gasteiger charge is 2.33. The van der Waals surface area contributed by atoms with Crippen molar-refractivity contribution in [3.05, 3.63) is 67.1 Å². The smallest absolute Gasteiger partial charge is 0.414 e. The van der Waals surface area contributed by atoms with Crippen LogP contribution in [0, 0.1) is 9.39 Å². The van der Waals surface area contributed by atoms with Crippen molar-refractivity contribution < 1.29 is 18.7 Å². The van der Waals surface area contributed by atoms with E-state index in [1.54, 1.807) is 37.3 Å². The third-order valence-corrected chi connectivity index (χ3v) is 6.30. The maximum atomic E-state index is 15.3. The number of anilines is 3. The summed E-state index contributed by atoms with van der Waals surface area (Å²) in [4.78, 5) is 37.7. The lowest BCUT2D eigenvalue weighted by Crippen LogP contribution is -2.33. The SMILES string of the molecule is C/C=C/c1cc(N2C[C@H](CNC(C)=O)OC2=O)cc(F)c1Nc1ccc(I)c(C(C)C)cc1=O. The first kappa shape index (κ1) is 25.7. The van der Waals surface area contributed by atoms with Crippen LogP contribution in [0.3, 0.4) is 0 Å². The Balaban J connectivity index is 1.96. The monoisotopic (exact) mass is 579 g/mol. The first-order valence-electron chi connectivity index (χ1n) is 10.9. The molecule has 0 saturated carbocycles. The van der Waals surface area contributed by atoms with Crippen LogP contribution in [0.5, 0.6) is 0 Å². The first-order valence-corrected chi connectivity index (χ1v) is 12.0. The van der Waals surface area contributed by atoms with Crippen molar-refractivity contribution in [2.45, 2.75) is 39.7 Å². The molecule has 0 aromatic heterocycles. The number of halogens is 2. The average Bonchev–Trinajstić information content (AvgIpc) is 3.07. The zero-order valence-corrected chi connectivity index (χ0v) is 21.6. The lowest BCUT2D eigenvalue weighted by Gasteiger charge is -2.17. The number of allylic oxidation sites excluding steroid dienone is 1. The average molecular weight is 579 g/mol. The van der Waals surface area contributed by atoms with Crippen LogP contribution in [0.2, 0.25) is 0 Å². The molecule has 0 aliphatic carbocycles. The van der Waals surface area contributed by atoms with Gasteiger partial charge < -0.3 is 15.4 Å². The van der Waals surface area contributed by atoms with Gasteiger partial charge in [0.05, 0.1) is 30.2 Å². The predicted octanol–water partition coefficient (Wildman–Crippen LogP) is 5.15. The second kappa shape index (κ2) is 11.0. The third-order valence-electron chi connectivity index (χ3n) is 5.32. The second-order valence-electron chi connectivity index (χ2n) is 8.28. The first-order chi connectivity index (χ1) is 16.1. The van der Waals surface area contributed by atoms with E-state index >= 15 is 4.39 Å². The van der Waals surface area contributed by atoms with Gasteiger partial charge in [-0.05, 0) is 71.3 Å². The quantitative estimate of drug-likeness (QED) is 0.443. The maximum absolute atomic E-state index is 15.3. The molecule has 1 aliphatic rings. The molecule has 0 spiro atoms. The molecular weight excluding hydrogens is 552 g/mol. The molecule has 0 unspecified atom stereocenters. The van der Waals surface area contributed by atoms with E-state index in [9.17, 15) is 14.4 Å². The summed E-state index contributed by atoms with van der Waals surface area (Å²) in [5.74, 6) is -0.675. The summed E-state index contributed by atoms with van der Waals surface area (Å²) >= 11 is 2.19. The van der Waals surface area contributed by atoms with Gasteiger partial charge in [-0.2, -0.15) is 0 Å². The summed E-state index contributed by atoms with van der Waals surface area (Å²) in [5.41, 5.74) is 1.85. The van der Waals surface area contributed by atoms with E-state index < -0.39 is 18.0 Å². The van der Waals surface area contributed by atoms with Crippen LogP contribution in [0.1, 0.15) is 44.7 Å². The number of rotatable bonds is 7. The fourth-order valence-corrected chi connectivity index (χ4v) is 4.57. The van der Waals surface area contributed by atoms with E-state index in [0.29, 0.717) is 11.3 Å². The van der Waals surface area contributed by atoms with Gasteiger partial charge in [-0.15, -0.1) is 0 Å². The zero-order valence-electron chi connectivity index (χ0n) is 19.4. The minimum atomic E-state index is -0.617. The Labute approximate surface area is 211 Å². The van der Waals surface area contributed by atoms with Crippen LogP contribution in [0.4, 0.5) is 26.2 Å². The van der Waals surface area contributed by atoms with Crippen molar-refractivity contribution in [3.8, 4) is 0 Å². The molecule has 2 N–H and O–H groups in total. The van der Waals surface area contributed by atoms with E-state index in [-0.39, 0.29) is 41.7 Å². The number of ether oxygens (including phenoxy) is 1. The van der Waals surface area contributed by atoms with Crippen LogP contribution in [-0.2, 0) is 9.53 Å². The van der Waals surface area contributed by atoms with Crippen LogP contribution >= 0.6 is 22.6 Å². The minimum absolute atomic E-state index is 0.133. The normalized spacial score (nSPS) is 15.7. The highest BCUT2D eigenvalue weighted by Crippen LogP contribution is 2.32. The highest BCUT2D eigenvalue weighted by atomic mass is 127. The molecule has 1 saturated heterocycles. The molecule has 1 fully saturated rings. The van der Waals surface area contributed by atoms with Gasteiger partial charge in [0.25, 0.3) is 0 Å². The lowest BCUT2D eigenvalue weighted by atomic mass is 10.1. The fourth-order valence-electron chi connectivity index (χ4n) is 3.61. The molecule has 1 heterocycles. The number of cyclic esters (lactones) is 1. The van der Waals surface area contributed by atoms with Crippen molar-refractivity contribution in [3.63, 3.8) is 0 Å². The number of amides is 2. The summed E-state index contributed by atoms with van der Waals surface area (Å²) in [5, 5.41) is 5.57. The Morgan fingerprint density at radius 2 is 2.03 bits per heavy atom. The van der Waals surface area contributed by atoms with Crippen LogP contribution in [0.25, 0.3) is 6.08 Å². The molecule has 34 heavy (non-hydrogen) atoms. The van der Waals surface area contributed by atoms with Gasteiger partial charge in [0, 0.05) is 16.1 Å². The summed E-state index contributed by atoms with van der Waals surface area (Å²) in [6, 6.07) is 7.94. The van der Waals surface area contributed by atoms with Gasteiger partial charge in [0.1, 0.15) is 11.9 Å². The van der Waals surface area contributed by atoms with Crippen molar-refractivity contribution in [2.24, 2.45) is 0 Å². The van der Waals surface area contributed by atoms with Crippen molar-refractivity contribution in [2.75, 3.05) is 23.3 Å². The number of nitrogens with zero attached hydrogens (tertiary/aromatic N) is 1. The molecule has 9 heteroatoms. The molecule has 2 aromatic rings. The van der Waals surface area contributed by atoms with Crippen LogP contribution in [0.15, 0.2) is 41.2 Å². The van der Waals surface area contributed by atoms with E-state index in [0.717, 1.165) is 9.13 Å². The molecule has 180 valence electrons. The summed E-state index contributed by atoms with van der Waals surface area (Å²) < 4.78 is 21.6. The van der Waals surface area contributed by atoms with Gasteiger partial charge in [0.2, 0.25) is 11.3 Å². The number of hydrogen-bond acceptors (Lipinski definition) is 5. The Morgan fingerprint density at radius 1 is 1.29 bits per heavy atom. The lowest BCUT2D eigenvalue weighted by molar-refractivity contribution is -0.119. The molecule has 1 aliphatic heterocycles. The molecule has 0 bridgehead atoms. The Hall–Kier alpha value is -2.95. The van der Waals surface area contributed by atoms with Crippen molar-refractivity contribution in [1.82, 2.24) is 5.32 Å². The standard InChI is InChI=1S/C25H27FIN3O4/c1-5-6-16-9-17(30-13-18(34-25(30)33)12-28-15(4)31)10-20(26)24(16)29-22-8-7-21(27)19(14(2)3)11-23(22)32/h5-11,14,18H,12-13H2,1-4H3,(H,28,31)(H,29,32)/b6-5+/t18-/m0/s1. The van der Waals surface area contributed by atoms with Gasteiger partial charge in [0.15, 0.2) is 0 Å². The Bertz CT molecular complexity index is 1200.